The number of Topliss-reactive ketones (excluding diaryl/α,β-unsaturated/α-hetero) is 1. The van der Waals surface area contributed by atoms with Gasteiger partial charge in [-0.2, -0.15) is 0 Å². The van der Waals surface area contributed by atoms with Gasteiger partial charge in [0.15, 0.2) is 5.78 Å². The van der Waals surface area contributed by atoms with Crippen molar-refractivity contribution in [3.8, 4) is 0 Å². The monoisotopic (exact) mass is 214 g/mol. The van der Waals surface area contributed by atoms with E-state index < -0.39 is 5.60 Å². The third-order valence-corrected chi connectivity index (χ3v) is 3.19. The highest BCUT2D eigenvalue weighted by atomic mass is 16.5. The van der Waals surface area contributed by atoms with Gasteiger partial charge in [-0.25, -0.2) is 0 Å². The first kappa shape index (κ1) is 12.7. The zero-order valence-electron chi connectivity index (χ0n) is 10.0. The van der Waals surface area contributed by atoms with Crippen molar-refractivity contribution < 1.29 is 14.3 Å². The van der Waals surface area contributed by atoms with Gasteiger partial charge in [0.1, 0.15) is 5.60 Å². The van der Waals surface area contributed by atoms with Crippen molar-refractivity contribution >= 4 is 5.78 Å². The zero-order valence-corrected chi connectivity index (χ0v) is 10.0. The fourth-order valence-corrected chi connectivity index (χ4v) is 2.05. The third kappa shape index (κ3) is 3.02. The second-order valence-corrected chi connectivity index (χ2v) is 4.30. The molecule has 1 aliphatic heterocycles. The van der Waals surface area contributed by atoms with E-state index in [0.29, 0.717) is 13.2 Å². The lowest BCUT2D eigenvalue weighted by atomic mass is 9.85. The molecule has 0 bridgehead atoms. The summed E-state index contributed by atoms with van der Waals surface area (Å²) >= 11 is 0. The van der Waals surface area contributed by atoms with Crippen LogP contribution in [0.3, 0.4) is 0 Å². The molecule has 0 N–H and O–H groups in total. The molecule has 0 amide bonds. The lowest BCUT2D eigenvalue weighted by Gasteiger charge is -2.32. The van der Waals surface area contributed by atoms with Crippen LogP contribution < -0.4 is 0 Å². The van der Waals surface area contributed by atoms with Crippen molar-refractivity contribution in [2.75, 3.05) is 19.8 Å². The van der Waals surface area contributed by atoms with Crippen molar-refractivity contribution in [2.24, 2.45) is 5.92 Å². The molecule has 2 atom stereocenters. The van der Waals surface area contributed by atoms with Gasteiger partial charge in [0.2, 0.25) is 0 Å². The molecule has 0 saturated carbocycles. The summed E-state index contributed by atoms with van der Waals surface area (Å²) in [6.45, 7) is 7.77. The predicted octanol–water partition coefficient (Wildman–Crippen LogP) is 2.19. The largest absolute Gasteiger partial charge is 0.381 e. The molecule has 1 fully saturated rings. The molecule has 0 spiro atoms. The molecule has 3 nitrogen and oxygen atoms in total. The highest BCUT2D eigenvalue weighted by molar-refractivity contribution is 5.89. The molecule has 3 heteroatoms. The molecular formula is C12H22O3. The summed E-state index contributed by atoms with van der Waals surface area (Å²) < 4.78 is 10.9. The Balaban J connectivity index is 2.62. The third-order valence-electron chi connectivity index (χ3n) is 3.19. The Morgan fingerprint density at radius 1 is 1.53 bits per heavy atom. The molecule has 1 rings (SSSR count). The number of carbonyl (C=O) groups excluding carboxylic acids is 1. The summed E-state index contributed by atoms with van der Waals surface area (Å²) in [7, 11) is 0. The quantitative estimate of drug-likeness (QED) is 0.703. The number of ketones is 1. The summed E-state index contributed by atoms with van der Waals surface area (Å²) in [5.74, 6) is 0.252. The van der Waals surface area contributed by atoms with Gasteiger partial charge in [-0.15, -0.1) is 0 Å². The second-order valence-electron chi connectivity index (χ2n) is 4.30. The molecule has 0 aromatic carbocycles. The Kier molecular flexibility index (Phi) is 4.74. The van der Waals surface area contributed by atoms with E-state index in [1.165, 1.54) is 0 Å². The van der Waals surface area contributed by atoms with E-state index in [1.807, 2.05) is 20.8 Å². The maximum Gasteiger partial charge on any atom is 0.169 e. The van der Waals surface area contributed by atoms with Gasteiger partial charge in [0, 0.05) is 19.1 Å². The first-order valence-corrected chi connectivity index (χ1v) is 5.90. The lowest BCUT2D eigenvalue weighted by molar-refractivity contribution is -0.150. The van der Waals surface area contributed by atoms with Crippen molar-refractivity contribution in [2.45, 2.75) is 45.6 Å². The van der Waals surface area contributed by atoms with E-state index in [-0.39, 0.29) is 11.7 Å². The van der Waals surface area contributed by atoms with E-state index in [2.05, 4.69) is 0 Å². The van der Waals surface area contributed by atoms with Gasteiger partial charge in [0.25, 0.3) is 0 Å². The Labute approximate surface area is 92.1 Å². The maximum atomic E-state index is 12.2. The molecule has 2 unspecified atom stereocenters. The van der Waals surface area contributed by atoms with Crippen LogP contribution in [-0.4, -0.2) is 31.2 Å². The minimum atomic E-state index is -0.611. The SMILES string of the molecule is CCOC(C)(CC)C(=O)C1CCCOC1. The molecular weight excluding hydrogens is 192 g/mol. The van der Waals surface area contributed by atoms with E-state index >= 15 is 0 Å². The number of carbonyl (C=O) groups is 1. The normalized spacial score (nSPS) is 25.9. The molecule has 1 saturated heterocycles. The predicted molar refractivity (Wildman–Crippen MR) is 58.9 cm³/mol. The molecule has 88 valence electrons. The van der Waals surface area contributed by atoms with E-state index in [4.69, 9.17) is 9.47 Å². The van der Waals surface area contributed by atoms with Gasteiger partial charge >= 0.3 is 0 Å². The fourth-order valence-electron chi connectivity index (χ4n) is 2.05. The van der Waals surface area contributed by atoms with Crippen LogP contribution in [0, 0.1) is 5.92 Å². The van der Waals surface area contributed by atoms with Crippen molar-refractivity contribution in [1.29, 1.82) is 0 Å². The molecule has 1 aliphatic rings. The number of rotatable bonds is 5. The molecule has 1 heterocycles. The van der Waals surface area contributed by atoms with Gasteiger partial charge in [-0.1, -0.05) is 6.92 Å². The Hall–Kier alpha value is -0.410. The fraction of sp³-hybridized carbons (Fsp3) is 0.917. The molecule has 0 radical (unpaired) electrons. The van der Waals surface area contributed by atoms with Crippen LogP contribution >= 0.6 is 0 Å². The van der Waals surface area contributed by atoms with Gasteiger partial charge in [0.05, 0.1) is 6.61 Å². The van der Waals surface area contributed by atoms with Gasteiger partial charge < -0.3 is 9.47 Å². The first-order valence-electron chi connectivity index (χ1n) is 5.90. The molecule has 15 heavy (non-hydrogen) atoms. The highest BCUT2D eigenvalue weighted by Gasteiger charge is 2.37. The number of ether oxygens (including phenoxy) is 2. The van der Waals surface area contributed by atoms with Crippen LogP contribution in [0.1, 0.15) is 40.0 Å². The molecule has 0 aliphatic carbocycles. The maximum absolute atomic E-state index is 12.2. The first-order chi connectivity index (χ1) is 7.14. The van der Waals surface area contributed by atoms with Crippen molar-refractivity contribution in [3.05, 3.63) is 0 Å². The average Bonchev–Trinajstić information content (AvgIpc) is 2.29. The van der Waals surface area contributed by atoms with Crippen LogP contribution in [0.2, 0.25) is 0 Å². The van der Waals surface area contributed by atoms with Crippen LogP contribution in [-0.2, 0) is 14.3 Å². The minimum Gasteiger partial charge on any atom is -0.381 e. The summed E-state index contributed by atoms with van der Waals surface area (Å²) in [6.07, 6.45) is 2.67. The molecule has 0 aromatic rings. The molecule has 0 aromatic heterocycles. The van der Waals surface area contributed by atoms with Crippen molar-refractivity contribution in [3.63, 3.8) is 0 Å². The van der Waals surface area contributed by atoms with E-state index in [1.54, 1.807) is 0 Å². The zero-order chi connectivity index (χ0) is 11.3. The van der Waals surface area contributed by atoms with Crippen molar-refractivity contribution in [1.82, 2.24) is 0 Å². The lowest BCUT2D eigenvalue weighted by Crippen LogP contribution is -2.44. The Bertz CT molecular complexity index is 209. The standard InChI is InChI=1S/C12H22O3/c1-4-12(3,15-5-2)11(13)10-7-6-8-14-9-10/h10H,4-9H2,1-3H3. The van der Waals surface area contributed by atoms with Crippen LogP contribution in [0.4, 0.5) is 0 Å². The summed E-state index contributed by atoms with van der Waals surface area (Å²) in [5.41, 5.74) is -0.611. The van der Waals surface area contributed by atoms with E-state index in [9.17, 15) is 4.79 Å². The Morgan fingerprint density at radius 3 is 2.73 bits per heavy atom. The number of hydrogen-bond acceptors (Lipinski definition) is 3. The smallest absolute Gasteiger partial charge is 0.169 e. The minimum absolute atomic E-state index is 0.0373. The highest BCUT2D eigenvalue weighted by Crippen LogP contribution is 2.25. The Morgan fingerprint density at radius 2 is 2.27 bits per heavy atom. The summed E-state index contributed by atoms with van der Waals surface area (Å²) in [4.78, 5) is 12.2. The van der Waals surface area contributed by atoms with Gasteiger partial charge in [-0.05, 0) is 33.1 Å². The number of hydrogen-bond donors (Lipinski definition) is 0. The van der Waals surface area contributed by atoms with E-state index in [0.717, 1.165) is 25.9 Å². The van der Waals surface area contributed by atoms with Crippen LogP contribution in [0.25, 0.3) is 0 Å². The average molecular weight is 214 g/mol. The van der Waals surface area contributed by atoms with Gasteiger partial charge in [-0.3, -0.25) is 4.79 Å². The van der Waals surface area contributed by atoms with Crippen LogP contribution in [0.5, 0.6) is 0 Å². The summed E-state index contributed by atoms with van der Waals surface area (Å²) in [6, 6.07) is 0. The topological polar surface area (TPSA) is 35.5 Å². The van der Waals surface area contributed by atoms with Crippen LogP contribution in [0.15, 0.2) is 0 Å². The summed E-state index contributed by atoms with van der Waals surface area (Å²) in [5, 5.41) is 0. The second kappa shape index (κ2) is 5.61.